The van der Waals surface area contributed by atoms with Crippen LogP contribution in [-0.2, 0) is 4.74 Å². The molecular weight excluding hydrogens is 366 g/mol. The van der Waals surface area contributed by atoms with Crippen LogP contribution in [0.25, 0.3) is 16.2 Å². The van der Waals surface area contributed by atoms with E-state index in [-0.39, 0.29) is 12.0 Å². The number of carbonyl (C=O) groups excluding carboxylic acids is 2. The maximum Gasteiger partial charge on any atom is 0.409 e. The summed E-state index contributed by atoms with van der Waals surface area (Å²) in [5.74, 6) is -0.121. The molecule has 9 heteroatoms. The van der Waals surface area contributed by atoms with Crippen molar-refractivity contribution in [1.29, 1.82) is 0 Å². The van der Waals surface area contributed by atoms with Crippen LogP contribution in [0.3, 0.4) is 0 Å². The van der Waals surface area contributed by atoms with Crippen LogP contribution >= 0.6 is 11.3 Å². The second-order valence-corrected chi connectivity index (χ2v) is 7.03. The van der Waals surface area contributed by atoms with Crippen molar-refractivity contribution in [3.05, 3.63) is 41.5 Å². The van der Waals surface area contributed by atoms with Crippen LogP contribution in [0, 0.1) is 0 Å². The van der Waals surface area contributed by atoms with E-state index in [0.717, 1.165) is 10.6 Å². The van der Waals surface area contributed by atoms with Gasteiger partial charge in [0.15, 0.2) is 5.65 Å². The van der Waals surface area contributed by atoms with E-state index in [2.05, 4.69) is 10.1 Å². The molecule has 1 fully saturated rings. The van der Waals surface area contributed by atoms with E-state index < -0.39 is 0 Å². The second kappa shape index (κ2) is 7.36. The molecule has 0 aliphatic carbocycles. The quantitative estimate of drug-likeness (QED) is 0.692. The molecule has 1 aliphatic rings. The highest BCUT2D eigenvalue weighted by atomic mass is 32.1. The zero-order valence-corrected chi connectivity index (χ0v) is 15.7. The summed E-state index contributed by atoms with van der Waals surface area (Å²) < 4.78 is 6.72. The predicted octanol–water partition coefficient (Wildman–Crippen LogP) is 2.37. The Bertz CT molecular complexity index is 961. The van der Waals surface area contributed by atoms with Gasteiger partial charge in [0, 0.05) is 32.4 Å². The number of hydrogen-bond donors (Lipinski definition) is 0. The molecule has 0 saturated carbocycles. The molecule has 3 aromatic rings. The number of fused-ring (bicyclic) bond motifs is 1. The molecular formula is C18H19N5O3S. The molecule has 0 bridgehead atoms. The second-order valence-electron chi connectivity index (χ2n) is 6.08. The van der Waals surface area contributed by atoms with Gasteiger partial charge < -0.3 is 14.5 Å². The van der Waals surface area contributed by atoms with E-state index in [1.807, 2.05) is 23.6 Å². The topological polar surface area (TPSA) is 80.0 Å². The SMILES string of the molecule is CCOC(=O)N1CCN(C(=O)c2cnn3c(-c4cccs4)ccnc23)CC1. The van der Waals surface area contributed by atoms with E-state index in [0.29, 0.717) is 44.0 Å². The minimum absolute atomic E-state index is 0.121. The number of amides is 2. The van der Waals surface area contributed by atoms with Crippen LogP contribution in [0.1, 0.15) is 17.3 Å². The molecule has 0 atom stereocenters. The molecule has 0 unspecified atom stereocenters. The zero-order chi connectivity index (χ0) is 18.8. The molecule has 0 aromatic carbocycles. The van der Waals surface area contributed by atoms with Crippen LogP contribution in [-0.4, -0.2) is 69.2 Å². The molecule has 140 valence electrons. The molecule has 1 aliphatic heterocycles. The summed E-state index contributed by atoms with van der Waals surface area (Å²) in [5.41, 5.74) is 1.91. The molecule has 2 amide bonds. The van der Waals surface area contributed by atoms with Gasteiger partial charge in [-0.3, -0.25) is 4.79 Å². The number of ether oxygens (including phenoxy) is 1. The number of rotatable bonds is 3. The summed E-state index contributed by atoms with van der Waals surface area (Å²) in [5, 5.41) is 6.39. The van der Waals surface area contributed by atoms with Gasteiger partial charge in [-0.2, -0.15) is 5.10 Å². The summed E-state index contributed by atoms with van der Waals surface area (Å²) in [6.45, 7) is 3.95. The van der Waals surface area contributed by atoms with Gasteiger partial charge in [0.1, 0.15) is 5.56 Å². The summed E-state index contributed by atoms with van der Waals surface area (Å²) in [4.78, 5) is 33.6. The molecule has 4 rings (SSSR count). The van der Waals surface area contributed by atoms with Crippen LogP contribution in [0.5, 0.6) is 0 Å². The Morgan fingerprint density at radius 2 is 1.96 bits per heavy atom. The summed E-state index contributed by atoms with van der Waals surface area (Å²) in [6, 6.07) is 5.88. The smallest absolute Gasteiger partial charge is 0.409 e. The average Bonchev–Trinajstić information content (AvgIpc) is 3.37. The van der Waals surface area contributed by atoms with E-state index in [4.69, 9.17) is 4.74 Å². The maximum absolute atomic E-state index is 13.0. The first-order valence-corrected chi connectivity index (χ1v) is 9.64. The Morgan fingerprint density at radius 3 is 2.67 bits per heavy atom. The number of carbonyl (C=O) groups is 2. The molecule has 4 heterocycles. The van der Waals surface area contributed by atoms with Gasteiger partial charge in [-0.25, -0.2) is 14.3 Å². The van der Waals surface area contributed by atoms with Crippen LogP contribution in [0.2, 0.25) is 0 Å². The van der Waals surface area contributed by atoms with Crippen LogP contribution < -0.4 is 0 Å². The van der Waals surface area contributed by atoms with Crippen molar-refractivity contribution in [1.82, 2.24) is 24.4 Å². The Hall–Kier alpha value is -2.94. The number of thiophene rings is 1. The summed E-state index contributed by atoms with van der Waals surface area (Å²) >= 11 is 1.61. The minimum Gasteiger partial charge on any atom is -0.450 e. The molecule has 0 N–H and O–H groups in total. The zero-order valence-electron chi connectivity index (χ0n) is 14.9. The third-order valence-corrected chi connectivity index (χ3v) is 5.39. The number of hydrogen-bond acceptors (Lipinski definition) is 6. The van der Waals surface area contributed by atoms with Gasteiger partial charge in [-0.1, -0.05) is 6.07 Å². The van der Waals surface area contributed by atoms with Gasteiger partial charge in [-0.15, -0.1) is 11.3 Å². The van der Waals surface area contributed by atoms with Gasteiger partial charge in [-0.05, 0) is 24.4 Å². The van der Waals surface area contributed by atoms with Crippen molar-refractivity contribution >= 4 is 29.0 Å². The standard InChI is InChI=1S/C18H19N5O3S/c1-2-26-18(25)22-9-7-21(8-10-22)17(24)13-12-20-23-14(5-6-19-16(13)23)15-4-3-11-27-15/h3-6,11-12H,2,7-10H2,1H3. The normalized spacial score (nSPS) is 14.6. The highest BCUT2D eigenvalue weighted by molar-refractivity contribution is 7.13. The van der Waals surface area contributed by atoms with Crippen LogP contribution in [0.4, 0.5) is 4.79 Å². The Kier molecular flexibility index (Phi) is 4.76. The van der Waals surface area contributed by atoms with Crippen molar-refractivity contribution in [2.24, 2.45) is 0 Å². The lowest BCUT2D eigenvalue weighted by Crippen LogP contribution is -2.50. The molecule has 0 spiro atoms. The lowest BCUT2D eigenvalue weighted by atomic mass is 10.2. The Balaban J connectivity index is 1.54. The maximum atomic E-state index is 13.0. The Morgan fingerprint density at radius 1 is 1.19 bits per heavy atom. The first kappa shape index (κ1) is 17.5. The van der Waals surface area contributed by atoms with E-state index in [9.17, 15) is 9.59 Å². The van der Waals surface area contributed by atoms with Gasteiger partial charge >= 0.3 is 6.09 Å². The third-order valence-electron chi connectivity index (χ3n) is 4.50. The first-order chi connectivity index (χ1) is 13.2. The fraction of sp³-hybridized carbons (Fsp3) is 0.333. The van der Waals surface area contributed by atoms with Gasteiger partial charge in [0.05, 0.1) is 23.4 Å². The van der Waals surface area contributed by atoms with E-state index >= 15 is 0 Å². The third kappa shape index (κ3) is 3.25. The van der Waals surface area contributed by atoms with Crippen molar-refractivity contribution in [2.75, 3.05) is 32.8 Å². The molecule has 27 heavy (non-hydrogen) atoms. The largest absolute Gasteiger partial charge is 0.450 e. The Labute approximate surface area is 160 Å². The average molecular weight is 385 g/mol. The van der Waals surface area contributed by atoms with Crippen molar-refractivity contribution in [2.45, 2.75) is 6.92 Å². The first-order valence-electron chi connectivity index (χ1n) is 8.76. The van der Waals surface area contributed by atoms with Crippen molar-refractivity contribution in [3.8, 4) is 10.6 Å². The highest BCUT2D eigenvalue weighted by Gasteiger charge is 2.27. The molecule has 1 saturated heterocycles. The molecule has 8 nitrogen and oxygen atoms in total. The number of piperazine rings is 1. The van der Waals surface area contributed by atoms with Gasteiger partial charge in [0.25, 0.3) is 5.91 Å². The minimum atomic E-state index is -0.331. The number of aromatic nitrogens is 3. The van der Waals surface area contributed by atoms with Crippen LogP contribution in [0.15, 0.2) is 36.0 Å². The predicted molar refractivity (Wildman–Crippen MR) is 101 cm³/mol. The molecule has 3 aromatic heterocycles. The van der Waals surface area contributed by atoms with Gasteiger partial charge in [0.2, 0.25) is 0 Å². The highest BCUT2D eigenvalue weighted by Crippen LogP contribution is 2.25. The molecule has 0 radical (unpaired) electrons. The number of nitrogens with zero attached hydrogens (tertiary/aromatic N) is 5. The fourth-order valence-corrected chi connectivity index (χ4v) is 3.87. The van der Waals surface area contributed by atoms with E-state index in [1.54, 1.807) is 45.0 Å². The fourth-order valence-electron chi connectivity index (χ4n) is 3.13. The lowest BCUT2D eigenvalue weighted by molar-refractivity contribution is 0.0571. The van der Waals surface area contributed by atoms with Crippen molar-refractivity contribution in [3.63, 3.8) is 0 Å². The summed E-state index contributed by atoms with van der Waals surface area (Å²) in [7, 11) is 0. The van der Waals surface area contributed by atoms with Crippen molar-refractivity contribution < 1.29 is 14.3 Å². The van der Waals surface area contributed by atoms with E-state index in [1.165, 1.54) is 0 Å². The monoisotopic (exact) mass is 385 g/mol. The summed E-state index contributed by atoms with van der Waals surface area (Å²) in [6.07, 6.45) is 2.93. The lowest BCUT2D eigenvalue weighted by Gasteiger charge is -2.33.